The summed E-state index contributed by atoms with van der Waals surface area (Å²) in [5.41, 5.74) is 7.74. The molecule has 2 aromatic heterocycles. The standard InChI is InChI=1S/C43H30N4O/c44-42(29-15-5-2-6-16-29)46-43(45-27-28-13-3-1-4-14-28)30-23-25-31(26-24-30)47-36-21-11-9-19-34(36)38-32-17-7-8-18-33(32)39-35-20-10-12-22-37(35)48-41(39)40(38)47/h1-26H,27H2,(H2,44,45,46). The molecule has 0 fully saturated rings. The molecule has 228 valence electrons. The first kappa shape index (κ1) is 27.8. The van der Waals surface area contributed by atoms with Gasteiger partial charge in [-0.1, -0.05) is 121 Å². The molecule has 0 aliphatic rings. The molecule has 48 heavy (non-hydrogen) atoms. The summed E-state index contributed by atoms with van der Waals surface area (Å²) < 4.78 is 9.04. The van der Waals surface area contributed by atoms with Crippen molar-refractivity contribution in [2.45, 2.75) is 6.54 Å². The van der Waals surface area contributed by atoms with Crippen LogP contribution in [0.25, 0.3) is 60.2 Å². The third-order valence-corrected chi connectivity index (χ3v) is 9.12. The fourth-order valence-electron chi connectivity index (χ4n) is 6.92. The van der Waals surface area contributed by atoms with Gasteiger partial charge in [0.25, 0.3) is 0 Å². The van der Waals surface area contributed by atoms with Crippen LogP contribution >= 0.6 is 0 Å². The first-order valence-electron chi connectivity index (χ1n) is 16.1. The SMILES string of the molecule is N=C(/N=C(\NCc1ccccc1)c1ccc(-n2c3ccccc3c3c4ccccc4c4c5ccccc5oc4c32)cc1)c1ccccc1. The summed E-state index contributed by atoms with van der Waals surface area (Å²) in [6.07, 6.45) is 0. The first-order valence-corrected chi connectivity index (χ1v) is 16.1. The van der Waals surface area contributed by atoms with Gasteiger partial charge in [0.1, 0.15) is 11.4 Å². The Bertz CT molecular complexity index is 2670. The normalized spacial score (nSPS) is 12.0. The van der Waals surface area contributed by atoms with Gasteiger partial charge in [-0.15, -0.1) is 0 Å². The van der Waals surface area contributed by atoms with E-state index < -0.39 is 0 Å². The third-order valence-electron chi connectivity index (χ3n) is 9.12. The quantitative estimate of drug-likeness (QED) is 0.149. The Morgan fingerprint density at radius 3 is 1.94 bits per heavy atom. The minimum absolute atomic E-state index is 0.205. The zero-order chi connectivity index (χ0) is 32.0. The van der Waals surface area contributed by atoms with E-state index in [2.05, 4.69) is 107 Å². The summed E-state index contributed by atoms with van der Waals surface area (Å²) in [5, 5.41) is 19.3. The molecule has 9 aromatic rings. The Morgan fingerprint density at radius 1 is 0.583 bits per heavy atom. The number of rotatable bonds is 5. The number of aliphatic imine (C=N–C) groups is 1. The Morgan fingerprint density at radius 2 is 1.19 bits per heavy atom. The highest BCUT2D eigenvalue weighted by Gasteiger charge is 2.22. The molecule has 0 unspecified atom stereocenters. The number of aromatic nitrogens is 1. The molecule has 7 aromatic carbocycles. The number of hydrogen-bond acceptors (Lipinski definition) is 2. The van der Waals surface area contributed by atoms with E-state index in [1.807, 2.05) is 60.7 Å². The van der Waals surface area contributed by atoms with Crippen LogP contribution in [0.5, 0.6) is 0 Å². The average Bonchev–Trinajstić information content (AvgIpc) is 3.71. The predicted octanol–water partition coefficient (Wildman–Crippen LogP) is 10.4. The molecule has 0 amide bonds. The molecule has 0 bridgehead atoms. The van der Waals surface area contributed by atoms with E-state index in [0.717, 1.165) is 55.3 Å². The maximum Gasteiger partial charge on any atom is 0.160 e. The maximum absolute atomic E-state index is 8.78. The van der Waals surface area contributed by atoms with Gasteiger partial charge in [-0.25, -0.2) is 4.99 Å². The highest BCUT2D eigenvalue weighted by Crippen LogP contribution is 2.45. The Kier molecular flexibility index (Phi) is 6.61. The minimum Gasteiger partial charge on any atom is -0.454 e. The van der Waals surface area contributed by atoms with Gasteiger partial charge in [-0.3, -0.25) is 5.41 Å². The number of nitrogens with one attached hydrogen (secondary N) is 2. The van der Waals surface area contributed by atoms with Crippen molar-refractivity contribution in [2.75, 3.05) is 0 Å². The van der Waals surface area contributed by atoms with E-state index in [0.29, 0.717) is 12.4 Å². The Labute approximate surface area is 276 Å². The molecule has 2 heterocycles. The highest BCUT2D eigenvalue weighted by atomic mass is 16.3. The smallest absolute Gasteiger partial charge is 0.160 e. The van der Waals surface area contributed by atoms with Crippen molar-refractivity contribution in [2.24, 2.45) is 4.99 Å². The lowest BCUT2D eigenvalue weighted by molar-refractivity contribution is 0.671. The average molecular weight is 619 g/mol. The van der Waals surface area contributed by atoms with Crippen molar-refractivity contribution in [1.29, 1.82) is 5.41 Å². The fourth-order valence-corrected chi connectivity index (χ4v) is 6.92. The lowest BCUT2D eigenvalue weighted by Crippen LogP contribution is -2.25. The van der Waals surface area contributed by atoms with E-state index in [1.165, 1.54) is 21.5 Å². The summed E-state index contributed by atoms with van der Waals surface area (Å²) in [6, 6.07) is 53.9. The molecule has 9 rings (SSSR count). The third kappa shape index (κ3) is 4.56. The van der Waals surface area contributed by atoms with Gasteiger partial charge in [0.05, 0.1) is 11.0 Å². The molecule has 5 nitrogen and oxygen atoms in total. The van der Waals surface area contributed by atoms with Crippen molar-refractivity contribution in [3.63, 3.8) is 0 Å². The highest BCUT2D eigenvalue weighted by molar-refractivity contribution is 6.35. The number of benzene rings is 7. The lowest BCUT2D eigenvalue weighted by atomic mass is 9.99. The van der Waals surface area contributed by atoms with E-state index in [-0.39, 0.29) is 5.84 Å². The minimum atomic E-state index is 0.205. The largest absolute Gasteiger partial charge is 0.454 e. The van der Waals surface area contributed by atoms with Gasteiger partial charge in [-0.05, 0) is 52.7 Å². The molecule has 0 radical (unpaired) electrons. The van der Waals surface area contributed by atoms with Gasteiger partial charge in [-0.2, -0.15) is 0 Å². The molecule has 0 aliphatic carbocycles. The number of para-hydroxylation sites is 2. The molecule has 0 spiro atoms. The number of furan rings is 1. The van der Waals surface area contributed by atoms with Crippen LogP contribution in [-0.2, 0) is 6.54 Å². The fraction of sp³-hybridized carbons (Fsp3) is 0.0233. The Balaban J connectivity index is 1.24. The zero-order valence-electron chi connectivity index (χ0n) is 26.0. The van der Waals surface area contributed by atoms with Crippen LogP contribution in [0.4, 0.5) is 0 Å². The van der Waals surface area contributed by atoms with Crippen LogP contribution in [-0.4, -0.2) is 16.2 Å². The number of amidine groups is 2. The maximum atomic E-state index is 8.78. The van der Waals surface area contributed by atoms with Crippen LogP contribution in [0, 0.1) is 5.41 Å². The van der Waals surface area contributed by atoms with Crippen molar-refractivity contribution in [3.05, 3.63) is 174 Å². The summed E-state index contributed by atoms with van der Waals surface area (Å²) in [4.78, 5) is 4.79. The van der Waals surface area contributed by atoms with Gasteiger partial charge in [0.2, 0.25) is 0 Å². The molecule has 0 saturated carbocycles. The predicted molar refractivity (Wildman–Crippen MR) is 199 cm³/mol. The van der Waals surface area contributed by atoms with E-state index in [4.69, 9.17) is 14.8 Å². The van der Waals surface area contributed by atoms with Crippen LogP contribution in [0.15, 0.2) is 167 Å². The monoisotopic (exact) mass is 618 g/mol. The molecular formula is C43H30N4O. The molecule has 5 heteroatoms. The van der Waals surface area contributed by atoms with Gasteiger partial charge < -0.3 is 14.3 Å². The van der Waals surface area contributed by atoms with Crippen LogP contribution in [0.2, 0.25) is 0 Å². The second kappa shape index (κ2) is 11.4. The number of hydrogen-bond donors (Lipinski definition) is 2. The van der Waals surface area contributed by atoms with Crippen LogP contribution in [0.1, 0.15) is 16.7 Å². The van der Waals surface area contributed by atoms with E-state index in [9.17, 15) is 0 Å². The first-order chi connectivity index (χ1) is 23.7. The molecule has 0 saturated heterocycles. The van der Waals surface area contributed by atoms with Crippen LogP contribution in [0.3, 0.4) is 0 Å². The lowest BCUT2D eigenvalue weighted by Gasteiger charge is -2.13. The second-order valence-electron chi connectivity index (χ2n) is 12.0. The second-order valence-corrected chi connectivity index (χ2v) is 12.0. The van der Waals surface area contributed by atoms with Gasteiger partial charge in [0, 0.05) is 44.9 Å². The van der Waals surface area contributed by atoms with Crippen molar-refractivity contribution < 1.29 is 4.42 Å². The topological polar surface area (TPSA) is 66.3 Å². The summed E-state index contributed by atoms with van der Waals surface area (Å²) in [5.74, 6) is 0.851. The van der Waals surface area contributed by atoms with E-state index in [1.54, 1.807) is 0 Å². The molecule has 0 atom stereocenters. The van der Waals surface area contributed by atoms with Crippen molar-refractivity contribution >= 4 is 66.2 Å². The molecule has 2 N–H and O–H groups in total. The Hall–Kier alpha value is -6.46. The van der Waals surface area contributed by atoms with Crippen molar-refractivity contribution in [3.8, 4) is 5.69 Å². The number of fused-ring (bicyclic) bond motifs is 10. The van der Waals surface area contributed by atoms with E-state index >= 15 is 0 Å². The molecular weight excluding hydrogens is 589 g/mol. The van der Waals surface area contributed by atoms with Gasteiger partial charge >= 0.3 is 0 Å². The van der Waals surface area contributed by atoms with Crippen LogP contribution < -0.4 is 5.32 Å². The summed E-state index contributed by atoms with van der Waals surface area (Å²) in [6.45, 7) is 0.591. The van der Waals surface area contributed by atoms with Crippen molar-refractivity contribution in [1.82, 2.24) is 9.88 Å². The summed E-state index contributed by atoms with van der Waals surface area (Å²) in [7, 11) is 0. The molecule has 0 aliphatic heterocycles. The summed E-state index contributed by atoms with van der Waals surface area (Å²) >= 11 is 0. The number of nitrogens with zero attached hydrogens (tertiary/aromatic N) is 2. The van der Waals surface area contributed by atoms with Gasteiger partial charge in [0.15, 0.2) is 11.4 Å². The zero-order valence-corrected chi connectivity index (χ0v) is 26.0.